The molecular formula is C16H18OP2S2. The van der Waals surface area contributed by atoms with Crippen LogP contribution in [0.25, 0.3) is 0 Å². The third-order valence-corrected chi connectivity index (χ3v) is 19.2. The maximum absolute atomic E-state index is 5.99. The second-order valence-electron chi connectivity index (χ2n) is 5.60. The fourth-order valence-corrected chi connectivity index (χ4v) is 21.4. The number of hydrogen-bond acceptors (Lipinski definition) is 3. The lowest BCUT2D eigenvalue weighted by Gasteiger charge is -2.43. The van der Waals surface area contributed by atoms with Crippen molar-refractivity contribution in [3.05, 3.63) is 54.1 Å². The Hall–Kier alpha value is -0.460. The summed E-state index contributed by atoms with van der Waals surface area (Å²) < 4.78 is 5.22. The smallest absolute Gasteiger partial charge is 0.118 e. The standard InChI is InChI=1S/C16H18OP2S2/c1-13-3-7-15(8-4-13)18(20)11-19(21,12-18)16-9-5-14(17-2)6-10-16/h3-10H,11-12H2,1-2H3. The van der Waals surface area contributed by atoms with Crippen molar-refractivity contribution in [3.8, 4) is 5.75 Å². The summed E-state index contributed by atoms with van der Waals surface area (Å²) in [7, 11) is 1.69. The van der Waals surface area contributed by atoms with Crippen LogP contribution in [0.3, 0.4) is 0 Å². The first-order chi connectivity index (χ1) is 9.95. The molecule has 0 aromatic heterocycles. The Balaban J connectivity index is 1.83. The molecule has 0 spiro atoms. The van der Waals surface area contributed by atoms with Crippen molar-refractivity contribution >= 4 is 46.3 Å². The summed E-state index contributed by atoms with van der Waals surface area (Å²) in [6, 6.07) is 14.2. The molecule has 1 fully saturated rings. The van der Waals surface area contributed by atoms with Gasteiger partial charge in [0.1, 0.15) is 5.75 Å². The van der Waals surface area contributed by atoms with Crippen LogP contribution in [0.15, 0.2) is 48.5 Å². The second-order valence-corrected chi connectivity index (χ2v) is 16.6. The van der Waals surface area contributed by atoms with E-state index in [0.717, 1.165) is 17.6 Å². The number of benzene rings is 2. The predicted molar refractivity (Wildman–Crippen MR) is 102 cm³/mol. The first-order valence-corrected chi connectivity index (χ1v) is 13.2. The lowest BCUT2D eigenvalue weighted by molar-refractivity contribution is 0.415. The molecule has 1 saturated heterocycles. The Bertz CT molecular complexity index is 737. The summed E-state index contributed by atoms with van der Waals surface area (Å²) in [4.78, 5) is 0. The van der Waals surface area contributed by atoms with Gasteiger partial charge in [-0.1, -0.05) is 65.6 Å². The normalized spacial score (nSPS) is 27.9. The van der Waals surface area contributed by atoms with Gasteiger partial charge in [-0.3, -0.25) is 0 Å². The molecule has 1 nitrogen and oxygen atoms in total. The van der Waals surface area contributed by atoms with Gasteiger partial charge >= 0.3 is 0 Å². The van der Waals surface area contributed by atoms with E-state index >= 15 is 0 Å². The lowest BCUT2D eigenvalue weighted by Crippen LogP contribution is -2.25. The number of hydrogen-bond donors (Lipinski definition) is 0. The molecule has 110 valence electrons. The van der Waals surface area contributed by atoms with Crippen LogP contribution in [0.2, 0.25) is 0 Å². The maximum atomic E-state index is 5.99. The monoisotopic (exact) mass is 352 g/mol. The summed E-state index contributed by atoms with van der Waals surface area (Å²) in [5, 5.41) is 2.67. The summed E-state index contributed by atoms with van der Waals surface area (Å²) in [5.41, 5.74) is 1.29. The molecule has 1 heterocycles. The van der Waals surface area contributed by atoms with Gasteiger partial charge in [-0.2, -0.15) is 0 Å². The Labute approximate surface area is 136 Å². The summed E-state index contributed by atoms with van der Waals surface area (Å²) >= 11 is 12.0. The summed E-state index contributed by atoms with van der Waals surface area (Å²) in [6.07, 6.45) is 0. The van der Waals surface area contributed by atoms with E-state index in [4.69, 9.17) is 28.4 Å². The van der Waals surface area contributed by atoms with Gasteiger partial charge in [0.15, 0.2) is 0 Å². The molecule has 1 aliphatic rings. The van der Waals surface area contributed by atoms with Gasteiger partial charge < -0.3 is 4.74 Å². The first kappa shape index (κ1) is 15.4. The van der Waals surface area contributed by atoms with Crippen LogP contribution in [0.4, 0.5) is 0 Å². The van der Waals surface area contributed by atoms with Gasteiger partial charge in [-0.05, 0) is 41.7 Å². The highest BCUT2D eigenvalue weighted by molar-refractivity contribution is 8.38. The maximum Gasteiger partial charge on any atom is 0.118 e. The molecule has 3 rings (SSSR count). The lowest BCUT2D eigenvalue weighted by atomic mass is 10.2. The number of aryl methyl sites for hydroxylation is 1. The van der Waals surface area contributed by atoms with E-state index in [2.05, 4.69) is 43.3 Å². The quantitative estimate of drug-likeness (QED) is 0.777. The predicted octanol–water partition coefficient (Wildman–Crippen LogP) is 3.84. The van der Waals surface area contributed by atoms with Crippen molar-refractivity contribution in [1.82, 2.24) is 0 Å². The molecule has 2 aromatic carbocycles. The van der Waals surface area contributed by atoms with Crippen molar-refractivity contribution in [3.63, 3.8) is 0 Å². The highest BCUT2D eigenvalue weighted by Gasteiger charge is 2.42. The molecule has 2 aromatic rings. The Morgan fingerprint density at radius 1 is 0.810 bits per heavy atom. The van der Waals surface area contributed by atoms with Crippen LogP contribution in [-0.4, -0.2) is 18.9 Å². The Morgan fingerprint density at radius 3 is 1.67 bits per heavy atom. The van der Waals surface area contributed by atoms with E-state index in [9.17, 15) is 0 Å². The molecule has 0 saturated carbocycles. The van der Waals surface area contributed by atoms with Crippen LogP contribution >= 0.6 is 12.1 Å². The molecular weight excluding hydrogens is 334 g/mol. The van der Waals surface area contributed by atoms with Crippen LogP contribution in [0, 0.1) is 6.92 Å². The second kappa shape index (κ2) is 5.63. The minimum absolute atomic E-state index is 0.888. The van der Waals surface area contributed by atoms with Crippen LogP contribution in [-0.2, 0) is 23.6 Å². The topological polar surface area (TPSA) is 9.23 Å². The van der Waals surface area contributed by atoms with E-state index in [1.807, 2.05) is 12.1 Å². The zero-order chi connectivity index (χ0) is 15.1. The van der Waals surface area contributed by atoms with E-state index in [1.165, 1.54) is 16.2 Å². The molecule has 0 radical (unpaired) electrons. The van der Waals surface area contributed by atoms with E-state index in [-0.39, 0.29) is 0 Å². The van der Waals surface area contributed by atoms with Gasteiger partial charge in [-0.25, -0.2) is 0 Å². The highest BCUT2D eigenvalue weighted by atomic mass is 32.5. The minimum atomic E-state index is -1.45. The molecule has 1 aliphatic heterocycles. The van der Waals surface area contributed by atoms with E-state index in [0.29, 0.717) is 0 Å². The van der Waals surface area contributed by atoms with Crippen LogP contribution in [0.1, 0.15) is 5.56 Å². The first-order valence-electron chi connectivity index (χ1n) is 6.83. The van der Waals surface area contributed by atoms with Crippen molar-refractivity contribution < 1.29 is 4.74 Å². The number of rotatable bonds is 3. The molecule has 0 atom stereocenters. The minimum Gasteiger partial charge on any atom is -0.497 e. The van der Waals surface area contributed by atoms with E-state index < -0.39 is 12.1 Å². The molecule has 0 amide bonds. The number of ether oxygens (including phenoxy) is 1. The number of methoxy groups -OCH3 is 1. The average molecular weight is 352 g/mol. The van der Waals surface area contributed by atoms with Gasteiger partial charge in [-0.15, -0.1) is 0 Å². The van der Waals surface area contributed by atoms with Gasteiger partial charge in [0, 0.05) is 11.8 Å². The molecule has 0 aliphatic carbocycles. The third kappa shape index (κ3) is 2.90. The highest BCUT2D eigenvalue weighted by Crippen LogP contribution is 2.77. The largest absolute Gasteiger partial charge is 0.497 e. The summed E-state index contributed by atoms with van der Waals surface area (Å²) in [5.74, 6) is 3.00. The zero-order valence-electron chi connectivity index (χ0n) is 12.2. The fraction of sp³-hybridized carbons (Fsp3) is 0.250. The Morgan fingerprint density at radius 2 is 1.24 bits per heavy atom. The SMILES string of the molecule is COc1ccc(P2(=S)CP(=S)(c3ccc(C)cc3)C2)cc1. The van der Waals surface area contributed by atoms with E-state index in [1.54, 1.807) is 7.11 Å². The van der Waals surface area contributed by atoms with Crippen molar-refractivity contribution in [1.29, 1.82) is 0 Å². The van der Waals surface area contributed by atoms with Gasteiger partial charge in [0.2, 0.25) is 0 Å². The van der Waals surface area contributed by atoms with Gasteiger partial charge in [0.25, 0.3) is 0 Å². The van der Waals surface area contributed by atoms with Crippen molar-refractivity contribution in [2.24, 2.45) is 0 Å². The Kier molecular flexibility index (Phi) is 4.14. The third-order valence-electron chi connectivity index (χ3n) is 3.96. The molecule has 5 heteroatoms. The average Bonchev–Trinajstić information content (AvgIpc) is 2.46. The molecule has 21 heavy (non-hydrogen) atoms. The fourth-order valence-electron chi connectivity index (χ4n) is 2.69. The van der Waals surface area contributed by atoms with Gasteiger partial charge in [0.05, 0.1) is 7.11 Å². The van der Waals surface area contributed by atoms with Crippen LogP contribution in [0.5, 0.6) is 5.75 Å². The zero-order valence-corrected chi connectivity index (χ0v) is 15.6. The molecule has 0 N–H and O–H groups in total. The summed E-state index contributed by atoms with van der Waals surface area (Å²) in [6.45, 7) is 2.11. The molecule has 0 bridgehead atoms. The van der Waals surface area contributed by atoms with Crippen molar-refractivity contribution in [2.45, 2.75) is 6.92 Å². The molecule has 0 unspecified atom stereocenters. The van der Waals surface area contributed by atoms with Crippen molar-refractivity contribution in [2.75, 3.05) is 18.9 Å². The van der Waals surface area contributed by atoms with Crippen LogP contribution < -0.4 is 15.3 Å².